The highest BCUT2D eigenvalue weighted by molar-refractivity contribution is 6.31. The van der Waals surface area contributed by atoms with Crippen LogP contribution in [0.2, 0.25) is 5.02 Å². The Kier molecular flexibility index (Phi) is 5.84. The zero-order valence-electron chi connectivity index (χ0n) is 14.2. The molecule has 1 aliphatic rings. The molecule has 0 saturated carbocycles. The molecule has 1 amide bonds. The summed E-state index contributed by atoms with van der Waals surface area (Å²) in [5.41, 5.74) is -0.856. The van der Waals surface area contributed by atoms with E-state index in [4.69, 9.17) is 16.3 Å². The number of carbonyl (C=O) groups excluding carboxylic acids is 1. The number of halogens is 4. The molecule has 3 rings (SSSR count). The van der Waals surface area contributed by atoms with Crippen molar-refractivity contribution in [1.29, 1.82) is 0 Å². The third-order valence-corrected chi connectivity index (χ3v) is 4.70. The molecule has 0 N–H and O–H groups in total. The second kappa shape index (κ2) is 8.12. The molecule has 9 heteroatoms. The van der Waals surface area contributed by atoms with Crippen molar-refractivity contribution >= 4 is 17.5 Å². The van der Waals surface area contributed by atoms with E-state index in [1.54, 1.807) is 17.2 Å². The standard InChI is InChI=1S/C18H17ClF3N3O2/c19-14-10-23-6-3-15(14)27-11-12-4-7-25(8-5-12)17(26)13-1-2-16(24-9-13)18(20,21)22/h1-3,6,9-10,12H,4-5,7-8,11H2. The summed E-state index contributed by atoms with van der Waals surface area (Å²) < 4.78 is 43.4. The number of hydrogen-bond donors (Lipinski definition) is 0. The third kappa shape index (κ3) is 4.88. The number of piperidine rings is 1. The van der Waals surface area contributed by atoms with Crippen LogP contribution in [0.4, 0.5) is 13.2 Å². The van der Waals surface area contributed by atoms with Crippen molar-refractivity contribution in [3.63, 3.8) is 0 Å². The summed E-state index contributed by atoms with van der Waals surface area (Å²) in [5.74, 6) is 0.526. The number of rotatable bonds is 4. The molecule has 0 aromatic carbocycles. The lowest BCUT2D eigenvalue weighted by molar-refractivity contribution is -0.141. The minimum Gasteiger partial charge on any atom is -0.492 e. The molecular formula is C18H17ClF3N3O2. The van der Waals surface area contributed by atoms with Gasteiger partial charge in [-0.1, -0.05) is 11.6 Å². The molecule has 0 aliphatic carbocycles. The highest BCUT2D eigenvalue weighted by Crippen LogP contribution is 2.28. The zero-order chi connectivity index (χ0) is 19.4. The van der Waals surface area contributed by atoms with E-state index in [0.717, 1.165) is 25.1 Å². The number of ether oxygens (including phenoxy) is 1. The normalized spacial score (nSPS) is 15.6. The summed E-state index contributed by atoms with van der Waals surface area (Å²) in [4.78, 5) is 21.3. The van der Waals surface area contributed by atoms with Crippen LogP contribution in [0.1, 0.15) is 28.9 Å². The highest BCUT2D eigenvalue weighted by Gasteiger charge is 2.32. The van der Waals surface area contributed by atoms with Gasteiger partial charge in [-0.25, -0.2) is 0 Å². The first kappa shape index (κ1) is 19.4. The van der Waals surface area contributed by atoms with E-state index >= 15 is 0 Å². The van der Waals surface area contributed by atoms with E-state index in [0.29, 0.717) is 30.5 Å². The maximum atomic E-state index is 12.6. The van der Waals surface area contributed by atoms with Gasteiger partial charge in [-0.15, -0.1) is 0 Å². The van der Waals surface area contributed by atoms with Gasteiger partial charge in [-0.05, 0) is 30.9 Å². The third-order valence-electron chi connectivity index (χ3n) is 4.41. The summed E-state index contributed by atoms with van der Waals surface area (Å²) in [5, 5.41) is 0.444. The van der Waals surface area contributed by atoms with Gasteiger partial charge in [-0.2, -0.15) is 13.2 Å². The lowest BCUT2D eigenvalue weighted by Crippen LogP contribution is -2.39. The molecular weight excluding hydrogens is 383 g/mol. The minimum absolute atomic E-state index is 0.154. The van der Waals surface area contributed by atoms with Crippen LogP contribution < -0.4 is 4.74 Å². The molecule has 1 aliphatic heterocycles. The Balaban J connectivity index is 1.51. The van der Waals surface area contributed by atoms with E-state index in [2.05, 4.69) is 9.97 Å². The van der Waals surface area contributed by atoms with E-state index in [-0.39, 0.29) is 17.4 Å². The molecule has 2 aromatic heterocycles. The van der Waals surface area contributed by atoms with Gasteiger partial charge >= 0.3 is 6.18 Å². The second-order valence-corrected chi connectivity index (χ2v) is 6.69. The first-order valence-electron chi connectivity index (χ1n) is 8.39. The first-order valence-corrected chi connectivity index (χ1v) is 8.77. The van der Waals surface area contributed by atoms with Gasteiger partial charge in [0, 0.05) is 37.7 Å². The second-order valence-electron chi connectivity index (χ2n) is 6.28. The van der Waals surface area contributed by atoms with Gasteiger partial charge in [0.2, 0.25) is 0 Å². The van der Waals surface area contributed by atoms with Crippen LogP contribution in [0.5, 0.6) is 5.75 Å². The lowest BCUT2D eigenvalue weighted by atomic mass is 9.97. The number of amides is 1. The maximum absolute atomic E-state index is 12.6. The molecule has 144 valence electrons. The van der Waals surface area contributed by atoms with Gasteiger partial charge in [0.25, 0.3) is 5.91 Å². The first-order chi connectivity index (χ1) is 12.8. The van der Waals surface area contributed by atoms with Crippen molar-refractivity contribution in [3.05, 3.63) is 53.1 Å². The fourth-order valence-electron chi connectivity index (χ4n) is 2.86. The molecule has 0 unspecified atom stereocenters. The summed E-state index contributed by atoms with van der Waals surface area (Å²) in [6, 6.07) is 3.68. The lowest BCUT2D eigenvalue weighted by Gasteiger charge is -2.32. The van der Waals surface area contributed by atoms with Crippen molar-refractivity contribution in [2.24, 2.45) is 5.92 Å². The van der Waals surface area contributed by atoms with Gasteiger partial charge < -0.3 is 9.64 Å². The molecule has 0 spiro atoms. The molecule has 0 atom stereocenters. The Hall–Kier alpha value is -2.35. The van der Waals surface area contributed by atoms with Gasteiger partial charge in [0.05, 0.1) is 12.2 Å². The summed E-state index contributed by atoms with van der Waals surface area (Å²) in [6.07, 6.45) is 1.05. The fourth-order valence-corrected chi connectivity index (χ4v) is 3.03. The summed E-state index contributed by atoms with van der Waals surface area (Å²) in [7, 11) is 0. The Morgan fingerprint density at radius 2 is 1.96 bits per heavy atom. The molecule has 27 heavy (non-hydrogen) atoms. The van der Waals surface area contributed by atoms with Crippen molar-refractivity contribution in [2.45, 2.75) is 19.0 Å². The maximum Gasteiger partial charge on any atom is 0.433 e. The Labute approximate surface area is 159 Å². The van der Waals surface area contributed by atoms with Crippen LogP contribution in [-0.2, 0) is 6.18 Å². The van der Waals surface area contributed by atoms with Crippen LogP contribution in [-0.4, -0.2) is 40.5 Å². The van der Waals surface area contributed by atoms with Gasteiger partial charge in [0.1, 0.15) is 16.5 Å². The zero-order valence-corrected chi connectivity index (χ0v) is 15.0. The van der Waals surface area contributed by atoms with Crippen molar-refractivity contribution in [2.75, 3.05) is 19.7 Å². The van der Waals surface area contributed by atoms with Gasteiger partial charge in [0.15, 0.2) is 0 Å². The van der Waals surface area contributed by atoms with Crippen LogP contribution in [0.15, 0.2) is 36.8 Å². The SMILES string of the molecule is O=C(c1ccc(C(F)(F)F)nc1)N1CCC(COc2ccncc2Cl)CC1. The number of nitrogens with zero attached hydrogens (tertiary/aromatic N) is 3. The van der Waals surface area contributed by atoms with E-state index in [1.165, 1.54) is 12.3 Å². The van der Waals surface area contributed by atoms with E-state index < -0.39 is 11.9 Å². The number of aromatic nitrogens is 2. The molecule has 1 fully saturated rings. The number of hydrogen-bond acceptors (Lipinski definition) is 4. The topological polar surface area (TPSA) is 55.3 Å². The molecule has 3 heterocycles. The number of carbonyl (C=O) groups is 1. The van der Waals surface area contributed by atoms with Crippen molar-refractivity contribution < 1.29 is 22.7 Å². The average molecular weight is 400 g/mol. The van der Waals surface area contributed by atoms with Crippen LogP contribution in [0, 0.1) is 5.92 Å². The predicted octanol–water partition coefficient (Wildman–Crippen LogP) is 4.08. The number of alkyl halides is 3. The Bertz CT molecular complexity index is 791. The predicted molar refractivity (Wildman–Crippen MR) is 92.6 cm³/mol. The molecule has 1 saturated heterocycles. The van der Waals surface area contributed by atoms with Gasteiger partial charge in [-0.3, -0.25) is 14.8 Å². The molecule has 2 aromatic rings. The molecule has 0 radical (unpaired) electrons. The Morgan fingerprint density at radius 1 is 1.22 bits per heavy atom. The minimum atomic E-state index is -4.52. The summed E-state index contributed by atoms with van der Waals surface area (Å²) in [6.45, 7) is 1.50. The highest BCUT2D eigenvalue weighted by atomic mass is 35.5. The van der Waals surface area contributed by atoms with E-state index in [1.807, 2.05) is 0 Å². The van der Waals surface area contributed by atoms with Crippen LogP contribution in [0.3, 0.4) is 0 Å². The smallest absolute Gasteiger partial charge is 0.433 e. The van der Waals surface area contributed by atoms with Crippen molar-refractivity contribution in [3.8, 4) is 5.75 Å². The van der Waals surface area contributed by atoms with Crippen LogP contribution >= 0.6 is 11.6 Å². The number of pyridine rings is 2. The number of likely N-dealkylation sites (tertiary alicyclic amines) is 1. The largest absolute Gasteiger partial charge is 0.492 e. The average Bonchev–Trinajstić information content (AvgIpc) is 2.67. The summed E-state index contributed by atoms with van der Waals surface area (Å²) >= 11 is 6.00. The van der Waals surface area contributed by atoms with Crippen LogP contribution in [0.25, 0.3) is 0 Å². The fraction of sp³-hybridized carbons (Fsp3) is 0.389. The van der Waals surface area contributed by atoms with Crippen molar-refractivity contribution in [1.82, 2.24) is 14.9 Å². The quantitative estimate of drug-likeness (QED) is 0.777. The Morgan fingerprint density at radius 3 is 2.56 bits per heavy atom. The molecule has 5 nitrogen and oxygen atoms in total. The molecule has 0 bridgehead atoms. The van der Waals surface area contributed by atoms with E-state index in [9.17, 15) is 18.0 Å². The monoisotopic (exact) mass is 399 g/mol.